The fraction of sp³-hybridized carbons (Fsp3) is 0.263. The summed E-state index contributed by atoms with van der Waals surface area (Å²) in [6.07, 6.45) is 2.64. The first-order chi connectivity index (χ1) is 11.6. The highest BCUT2D eigenvalue weighted by molar-refractivity contribution is 5.96. The van der Waals surface area contributed by atoms with Crippen LogP contribution in [0, 0.1) is 0 Å². The number of hydrogen-bond donors (Lipinski definition) is 3. The molecule has 3 rings (SSSR count). The summed E-state index contributed by atoms with van der Waals surface area (Å²) in [5, 5.41) is 5.75. The first kappa shape index (κ1) is 19.0. The normalized spacial score (nSPS) is 14.4. The molecule has 0 saturated heterocycles. The van der Waals surface area contributed by atoms with Crippen LogP contribution in [-0.4, -0.2) is 17.9 Å². The number of rotatable bonds is 4. The third-order valence-electron chi connectivity index (χ3n) is 4.13. The van der Waals surface area contributed by atoms with Gasteiger partial charge < -0.3 is 16.4 Å². The summed E-state index contributed by atoms with van der Waals surface area (Å²) >= 11 is 0. The van der Waals surface area contributed by atoms with Crippen LogP contribution < -0.4 is 16.4 Å². The number of carbonyl (C=O) groups is 2. The molecule has 0 saturated carbocycles. The second-order valence-electron chi connectivity index (χ2n) is 6.06. The predicted molar refractivity (Wildman–Crippen MR) is 102 cm³/mol. The van der Waals surface area contributed by atoms with E-state index in [9.17, 15) is 9.59 Å². The molecule has 1 aliphatic rings. The SMILES string of the molecule is Cl.N[C@@H](Cc1ccccc1)C(=O)Nc1ccc2c(c1)CCCC(=O)N2. The van der Waals surface area contributed by atoms with Crippen LogP contribution in [0.1, 0.15) is 24.0 Å². The Morgan fingerprint density at radius 1 is 1.16 bits per heavy atom. The fourth-order valence-electron chi connectivity index (χ4n) is 2.85. The Balaban J connectivity index is 0.00000225. The first-order valence-corrected chi connectivity index (χ1v) is 8.15. The molecule has 1 atom stereocenters. The van der Waals surface area contributed by atoms with E-state index in [0.717, 1.165) is 29.7 Å². The molecule has 0 spiro atoms. The van der Waals surface area contributed by atoms with Crippen LogP contribution in [0.3, 0.4) is 0 Å². The quantitative estimate of drug-likeness (QED) is 0.784. The second-order valence-corrected chi connectivity index (χ2v) is 6.06. The van der Waals surface area contributed by atoms with Gasteiger partial charge in [0, 0.05) is 17.8 Å². The van der Waals surface area contributed by atoms with E-state index in [2.05, 4.69) is 10.6 Å². The largest absolute Gasteiger partial charge is 0.326 e. The van der Waals surface area contributed by atoms with Gasteiger partial charge in [0.15, 0.2) is 0 Å². The first-order valence-electron chi connectivity index (χ1n) is 8.15. The third-order valence-corrected chi connectivity index (χ3v) is 4.13. The summed E-state index contributed by atoms with van der Waals surface area (Å²) in [6, 6.07) is 14.6. The Hall–Kier alpha value is -2.37. The minimum absolute atomic E-state index is 0. The number of carbonyl (C=O) groups excluding carboxylic acids is 2. The number of fused-ring (bicyclic) bond motifs is 1. The zero-order valence-corrected chi connectivity index (χ0v) is 14.6. The molecule has 0 fully saturated rings. The van der Waals surface area contributed by atoms with Crippen molar-refractivity contribution in [3.8, 4) is 0 Å². The van der Waals surface area contributed by atoms with Crippen LogP contribution in [0.2, 0.25) is 0 Å². The van der Waals surface area contributed by atoms with Gasteiger partial charge in [-0.2, -0.15) is 0 Å². The number of anilines is 2. The van der Waals surface area contributed by atoms with E-state index in [1.54, 1.807) is 6.07 Å². The van der Waals surface area contributed by atoms with Gasteiger partial charge in [-0.1, -0.05) is 30.3 Å². The molecule has 0 bridgehead atoms. The summed E-state index contributed by atoms with van der Waals surface area (Å²) in [7, 11) is 0. The molecular weight excluding hydrogens is 338 g/mol. The lowest BCUT2D eigenvalue weighted by molar-refractivity contribution is -0.117. The van der Waals surface area contributed by atoms with E-state index in [0.29, 0.717) is 18.5 Å². The monoisotopic (exact) mass is 359 g/mol. The zero-order chi connectivity index (χ0) is 16.9. The molecule has 2 aromatic carbocycles. The zero-order valence-electron chi connectivity index (χ0n) is 13.8. The van der Waals surface area contributed by atoms with Gasteiger partial charge in [0.1, 0.15) is 0 Å². The number of nitrogens with one attached hydrogen (secondary N) is 2. The van der Waals surface area contributed by atoms with E-state index in [1.807, 2.05) is 42.5 Å². The average Bonchev–Trinajstić information content (AvgIpc) is 2.76. The van der Waals surface area contributed by atoms with E-state index < -0.39 is 6.04 Å². The molecule has 0 radical (unpaired) electrons. The number of hydrogen-bond acceptors (Lipinski definition) is 3. The van der Waals surface area contributed by atoms with Gasteiger partial charge in [-0.25, -0.2) is 0 Å². The maximum Gasteiger partial charge on any atom is 0.241 e. The molecular formula is C19H22ClN3O2. The summed E-state index contributed by atoms with van der Waals surface area (Å²) in [4.78, 5) is 23.9. The van der Waals surface area contributed by atoms with Gasteiger partial charge in [0.05, 0.1) is 6.04 Å². The van der Waals surface area contributed by atoms with Crippen molar-refractivity contribution in [1.29, 1.82) is 0 Å². The van der Waals surface area contributed by atoms with Crippen molar-refractivity contribution in [3.63, 3.8) is 0 Å². The summed E-state index contributed by atoms with van der Waals surface area (Å²) in [5.74, 6) is -0.174. The Labute approximate surface area is 153 Å². The molecule has 132 valence electrons. The standard InChI is InChI=1S/C19H21N3O2.ClH/c20-16(11-13-5-2-1-3-6-13)19(24)21-15-9-10-17-14(12-15)7-4-8-18(23)22-17;/h1-3,5-6,9-10,12,16H,4,7-8,11,20H2,(H,21,24)(H,22,23);1H/t16-;/m0./s1. The van der Waals surface area contributed by atoms with Crippen molar-refractivity contribution in [2.45, 2.75) is 31.7 Å². The minimum Gasteiger partial charge on any atom is -0.326 e. The number of benzene rings is 2. The van der Waals surface area contributed by atoms with Gasteiger partial charge in [-0.3, -0.25) is 9.59 Å². The maximum absolute atomic E-state index is 12.3. The van der Waals surface area contributed by atoms with Gasteiger partial charge in [-0.15, -0.1) is 12.4 Å². The van der Waals surface area contributed by atoms with Crippen LogP contribution in [-0.2, 0) is 22.4 Å². The fourth-order valence-corrected chi connectivity index (χ4v) is 2.85. The Kier molecular flexibility index (Phi) is 6.56. The maximum atomic E-state index is 12.3. The Bertz CT molecular complexity index is 750. The summed E-state index contributed by atoms with van der Waals surface area (Å²) < 4.78 is 0. The molecule has 25 heavy (non-hydrogen) atoms. The van der Waals surface area contributed by atoms with Crippen molar-refractivity contribution in [2.24, 2.45) is 5.73 Å². The van der Waals surface area contributed by atoms with Crippen LogP contribution >= 0.6 is 12.4 Å². The van der Waals surface area contributed by atoms with Gasteiger partial charge in [0.25, 0.3) is 0 Å². The molecule has 0 aliphatic carbocycles. The Morgan fingerprint density at radius 3 is 2.68 bits per heavy atom. The molecule has 1 aliphatic heterocycles. The van der Waals surface area contributed by atoms with Crippen LogP contribution in [0.5, 0.6) is 0 Å². The van der Waals surface area contributed by atoms with Crippen LogP contribution in [0.4, 0.5) is 11.4 Å². The molecule has 0 unspecified atom stereocenters. The molecule has 2 amide bonds. The van der Waals surface area contributed by atoms with E-state index >= 15 is 0 Å². The highest BCUT2D eigenvalue weighted by atomic mass is 35.5. The predicted octanol–water partition coefficient (Wildman–Crippen LogP) is 2.89. The molecule has 4 N–H and O–H groups in total. The van der Waals surface area contributed by atoms with Crippen LogP contribution in [0.25, 0.3) is 0 Å². The number of halogens is 1. The molecule has 5 nitrogen and oxygen atoms in total. The summed E-state index contributed by atoms with van der Waals surface area (Å²) in [5.41, 5.74) is 9.61. The molecule has 0 aromatic heterocycles. The third kappa shape index (κ3) is 5.05. The van der Waals surface area contributed by atoms with Crippen LogP contribution in [0.15, 0.2) is 48.5 Å². The topological polar surface area (TPSA) is 84.2 Å². The lowest BCUT2D eigenvalue weighted by atomic mass is 10.0. The lowest BCUT2D eigenvalue weighted by Crippen LogP contribution is -2.37. The summed E-state index contributed by atoms with van der Waals surface area (Å²) in [6.45, 7) is 0. The molecule has 6 heteroatoms. The van der Waals surface area contributed by atoms with Crippen molar-refractivity contribution < 1.29 is 9.59 Å². The van der Waals surface area contributed by atoms with Crippen molar-refractivity contribution in [3.05, 3.63) is 59.7 Å². The van der Waals surface area contributed by atoms with Crippen molar-refractivity contribution in [1.82, 2.24) is 0 Å². The minimum atomic E-state index is -0.606. The highest BCUT2D eigenvalue weighted by Gasteiger charge is 2.16. The second kappa shape index (κ2) is 8.65. The number of aryl methyl sites for hydroxylation is 1. The molecule has 1 heterocycles. The smallest absolute Gasteiger partial charge is 0.241 e. The van der Waals surface area contributed by atoms with E-state index in [4.69, 9.17) is 5.73 Å². The van der Waals surface area contributed by atoms with Gasteiger partial charge in [0.2, 0.25) is 11.8 Å². The lowest BCUT2D eigenvalue weighted by Gasteiger charge is -2.14. The van der Waals surface area contributed by atoms with E-state index in [-0.39, 0.29) is 24.2 Å². The van der Waals surface area contributed by atoms with Crippen molar-refractivity contribution in [2.75, 3.05) is 10.6 Å². The molecule has 2 aromatic rings. The number of nitrogens with two attached hydrogens (primary N) is 1. The van der Waals surface area contributed by atoms with Gasteiger partial charge in [-0.05, 0) is 48.6 Å². The Morgan fingerprint density at radius 2 is 1.92 bits per heavy atom. The highest BCUT2D eigenvalue weighted by Crippen LogP contribution is 2.25. The van der Waals surface area contributed by atoms with E-state index in [1.165, 1.54) is 0 Å². The van der Waals surface area contributed by atoms with Crippen molar-refractivity contribution >= 4 is 35.6 Å². The average molecular weight is 360 g/mol. The number of amides is 2. The van der Waals surface area contributed by atoms with Gasteiger partial charge >= 0.3 is 0 Å².